The minimum atomic E-state index is 0.536. The number of rotatable bonds is 5. The van der Waals surface area contributed by atoms with Gasteiger partial charge in [-0.25, -0.2) is 0 Å². The SMILES string of the molecule is COc1cccc(CC(C)CS)c1OC. The highest BCUT2D eigenvalue weighted by molar-refractivity contribution is 7.80. The molecule has 84 valence electrons. The Morgan fingerprint density at radius 2 is 2.00 bits per heavy atom. The van der Waals surface area contributed by atoms with Crippen LogP contribution in [-0.4, -0.2) is 20.0 Å². The summed E-state index contributed by atoms with van der Waals surface area (Å²) in [5, 5.41) is 0. The van der Waals surface area contributed by atoms with Gasteiger partial charge in [-0.3, -0.25) is 0 Å². The zero-order valence-electron chi connectivity index (χ0n) is 9.49. The molecule has 0 saturated heterocycles. The molecule has 1 atom stereocenters. The lowest BCUT2D eigenvalue weighted by Gasteiger charge is -2.14. The summed E-state index contributed by atoms with van der Waals surface area (Å²) < 4.78 is 10.6. The van der Waals surface area contributed by atoms with Crippen molar-refractivity contribution in [2.24, 2.45) is 5.92 Å². The lowest BCUT2D eigenvalue weighted by molar-refractivity contribution is 0.350. The maximum absolute atomic E-state index is 5.36. The van der Waals surface area contributed by atoms with Crippen LogP contribution in [0.15, 0.2) is 18.2 Å². The van der Waals surface area contributed by atoms with Crippen LogP contribution in [0, 0.1) is 5.92 Å². The molecule has 0 aromatic heterocycles. The number of hydrogen-bond donors (Lipinski definition) is 1. The molecule has 15 heavy (non-hydrogen) atoms. The zero-order chi connectivity index (χ0) is 11.3. The fourth-order valence-electron chi connectivity index (χ4n) is 1.55. The monoisotopic (exact) mass is 226 g/mol. The van der Waals surface area contributed by atoms with Gasteiger partial charge in [0, 0.05) is 0 Å². The lowest BCUT2D eigenvalue weighted by atomic mass is 10.0. The first-order valence-corrected chi connectivity index (χ1v) is 5.66. The van der Waals surface area contributed by atoms with E-state index in [1.165, 1.54) is 5.56 Å². The van der Waals surface area contributed by atoms with Gasteiger partial charge >= 0.3 is 0 Å². The minimum Gasteiger partial charge on any atom is -0.493 e. The smallest absolute Gasteiger partial charge is 0.163 e. The molecule has 0 fully saturated rings. The van der Waals surface area contributed by atoms with Crippen LogP contribution in [0.25, 0.3) is 0 Å². The predicted molar refractivity (Wildman–Crippen MR) is 66.3 cm³/mol. The number of thiol groups is 1. The standard InChI is InChI=1S/C12H18O2S/c1-9(8-15)7-10-5-4-6-11(13-2)12(10)14-3/h4-6,9,15H,7-8H2,1-3H3. The van der Waals surface area contributed by atoms with Crippen molar-refractivity contribution in [3.8, 4) is 11.5 Å². The van der Waals surface area contributed by atoms with Crippen molar-refractivity contribution < 1.29 is 9.47 Å². The van der Waals surface area contributed by atoms with Gasteiger partial charge in [0.15, 0.2) is 11.5 Å². The van der Waals surface area contributed by atoms with Gasteiger partial charge in [0.05, 0.1) is 14.2 Å². The Labute approximate surface area is 97.0 Å². The van der Waals surface area contributed by atoms with E-state index in [9.17, 15) is 0 Å². The van der Waals surface area contributed by atoms with E-state index >= 15 is 0 Å². The first-order chi connectivity index (χ1) is 7.22. The van der Waals surface area contributed by atoms with Crippen LogP contribution < -0.4 is 9.47 Å². The largest absolute Gasteiger partial charge is 0.493 e. The number of methoxy groups -OCH3 is 2. The van der Waals surface area contributed by atoms with Crippen LogP contribution >= 0.6 is 12.6 Å². The van der Waals surface area contributed by atoms with Gasteiger partial charge < -0.3 is 9.47 Å². The van der Waals surface area contributed by atoms with Gasteiger partial charge in [0.2, 0.25) is 0 Å². The molecule has 1 aromatic carbocycles. The normalized spacial score (nSPS) is 12.3. The summed E-state index contributed by atoms with van der Waals surface area (Å²) in [6, 6.07) is 5.97. The molecule has 0 aliphatic rings. The average molecular weight is 226 g/mol. The lowest BCUT2D eigenvalue weighted by Crippen LogP contribution is -2.03. The van der Waals surface area contributed by atoms with Gasteiger partial charge in [-0.2, -0.15) is 12.6 Å². The number of benzene rings is 1. The summed E-state index contributed by atoms with van der Waals surface area (Å²) >= 11 is 4.29. The van der Waals surface area contributed by atoms with E-state index in [-0.39, 0.29) is 0 Å². The first kappa shape index (κ1) is 12.2. The van der Waals surface area contributed by atoms with Crippen molar-refractivity contribution in [3.05, 3.63) is 23.8 Å². The summed E-state index contributed by atoms with van der Waals surface area (Å²) in [6.07, 6.45) is 0.962. The molecular weight excluding hydrogens is 208 g/mol. The maximum atomic E-state index is 5.36. The van der Waals surface area contributed by atoms with Gasteiger partial charge in [-0.15, -0.1) is 0 Å². The average Bonchev–Trinajstić information content (AvgIpc) is 2.28. The van der Waals surface area contributed by atoms with E-state index in [1.54, 1.807) is 14.2 Å². The Morgan fingerprint density at radius 3 is 2.53 bits per heavy atom. The van der Waals surface area contributed by atoms with Crippen molar-refractivity contribution in [2.45, 2.75) is 13.3 Å². The highest BCUT2D eigenvalue weighted by Crippen LogP contribution is 2.32. The molecule has 0 aliphatic heterocycles. The summed E-state index contributed by atoms with van der Waals surface area (Å²) in [5.74, 6) is 3.05. The molecule has 0 bridgehead atoms. The van der Waals surface area contributed by atoms with E-state index in [2.05, 4.69) is 25.6 Å². The number of para-hydroxylation sites is 1. The summed E-state index contributed by atoms with van der Waals surface area (Å²) in [6.45, 7) is 2.17. The molecule has 1 aromatic rings. The Bertz CT molecular complexity index is 312. The second-order valence-electron chi connectivity index (χ2n) is 3.64. The summed E-state index contributed by atoms with van der Waals surface area (Å²) in [7, 11) is 3.33. The third-order valence-electron chi connectivity index (χ3n) is 2.36. The van der Waals surface area contributed by atoms with Crippen LogP contribution in [-0.2, 0) is 6.42 Å². The quantitative estimate of drug-likeness (QED) is 0.778. The molecule has 0 aliphatic carbocycles. The van der Waals surface area contributed by atoms with E-state index in [1.807, 2.05) is 12.1 Å². The topological polar surface area (TPSA) is 18.5 Å². The van der Waals surface area contributed by atoms with Crippen LogP contribution in [0.5, 0.6) is 11.5 Å². The van der Waals surface area contributed by atoms with E-state index in [0.717, 1.165) is 23.7 Å². The van der Waals surface area contributed by atoms with Gasteiger partial charge in [-0.05, 0) is 29.7 Å². The first-order valence-electron chi connectivity index (χ1n) is 5.03. The van der Waals surface area contributed by atoms with Crippen molar-refractivity contribution in [3.63, 3.8) is 0 Å². The minimum absolute atomic E-state index is 0.536. The van der Waals surface area contributed by atoms with Gasteiger partial charge in [0.25, 0.3) is 0 Å². The van der Waals surface area contributed by atoms with Crippen molar-refractivity contribution in [2.75, 3.05) is 20.0 Å². The highest BCUT2D eigenvalue weighted by atomic mass is 32.1. The van der Waals surface area contributed by atoms with Crippen LogP contribution in [0.4, 0.5) is 0 Å². The molecule has 0 N–H and O–H groups in total. The zero-order valence-corrected chi connectivity index (χ0v) is 10.4. The third-order valence-corrected chi connectivity index (χ3v) is 2.99. The Hall–Kier alpha value is -0.830. The Kier molecular flexibility index (Phi) is 4.82. The molecule has 2 nitrogen and oxygen atoms in total. The summed E-state index contributed by atoms with van der Waals surface area (Å²) in [5.41, 5.74) is 1.18. The highest BCUT2D eigenvalue weighted by Gasteiger charge is 2.11. The third kappa shape index (κ3) is 3.06. The maximum Gasteiger partial charge on any atom is 0.163 e. The second-order valence-corrected chi connectivity index (χ2v) is 4.01. The molecule has 0 saturated carbocycles. The predicted octanol–water partition coefficient (Wildman–Crippen LogP) is 2.81. The van der Waals surface area contributed by atoms with E-state index < -0.39 is 0 Å². The fourth-order valence-corrected chi connectivity index (χ4v) is 1.68. The number of hydrogen-bond acceptors (Lipinski definition) is 3. The number of ether oxygens (including phenoxy) is 2. The van der Waals surface area contributed by atoms with Crippen LogP contribution in [0.2, 0.25) is 0 Å². The molecule has 1 rings (SSSR count). The molecule has 1 unspecified atom stereocenters. The molecule has 0 amide bonds. The molecule has 0 heterocycles. The van der Waals surface area contributed by atoms with Crippen molar-refractivity contribution in [1.82, 2.24) is 0 Å². The molecule has 0 spiro atoms. The van der Waals surface area contributed by atoms with E-state index in [4.69, 9.17) is 9.47 Å². The second kappa shape index (κ2) is 5.91. The van der Waals surface area contributed by atoms with Gasteiger partial charge in [-0.1, -0.05) is 19.1 Å². The molecular formula is C12H18O2S. The van der Waals surface area contributed by atoms with Crippen molar-refractivity contribution in [1.29, 1.82) is 0 Å². The van der Waals surface area contributed by atoms with E-state index in [0.29, 0.717) is 5.92 Å². The Balaban J connectivity index is 2.95. The van der Waals surface area contributed by atoms with Crippen molar-refractivity contribution >= 4 is 12.6 Å². The van der Waals surface area contributed by atoms with Crippen LogP contribution in [0.3, 0.4) is 0 Å². The fraction of sp³-hybridized carbons (Fsp3) is 0.500. The summed E-state index contributed by atoms with van der Waals surface area (Å²) in [4.78, 5) is 0. The van der Waals surface area contributed by atoms with Crippen LogP contribution in [0.1, 0.15) is 12.5 Å². The van der Waals surface area contributed by atoms with Gasteiger partial charge in [0.1, 0.15) is 0 Å². The Morgan fingerprint density at radius 1 is 1.27 bits per heavy atom. The molecule has 3 heteroatoms. The molecule has 0 radical (unpaired) electrons.